The van der Waals surface area contributed by atoms with E-state index in [1.807, 2.05) is 30.3 Å². The van der Waals surface area contributed by atoms with E-state index in [4.69, 9.17) is 16.3 Å². The molecule has 0 saturated heterocycles. The second-order valence-corrected chi connectivity index (χ2v) is 7.17. The molecule has 0 atom stereocenters. The average Bonchev–Trinajstić information content (AvgIpc) is 2.70. The Morgan fingerprint density at radius 3 is 2.46 bits per heavy atom. The first-order valence-electron chi connectivity index (χ1n) is 8.21. The Morgan fingerprint density at radius 1 is 1.04 bits per heavy atom. The first-order chi connectivity index (χ1) is 13.5. The zero-order chi connectivity index (χ0) is 19.9. The molecule has 0 spiro atoms. The fourth-order valence-electron chi connectivity index (χ4n) is 2.35. The second-order valence-electron chi connectivity index (χ2n) is 5.61. The molecule has 28 heavy (non-hydrogen) atoms. The molecule has 0 saturated carbocycles. The van der Waals surface area contributed by atoms with Crippen molar-refractivity contribution in [3.05, 3.63) is 87.9 Å². The van der Waals surface area contributed by atoms with Crippen molar-refractivity contribution in [3.63, 3.8) is 0 Å². The summed E-state index contributed by atoms with van der Waals surface area (Å²) in [6.45, 7) is -0.342. The van der Waals surface area contributed by atoms with Gasteiger partial charge in [-0.3, -0.25) is 14.9 Å². The van der Waals surface area contributed by atoms with Crippen molar-refractivity contribution in [2.24, 2.45) is 0 Å². The Bertz CT molecular complexity index is 996. The van der Waals surface area contributed by atoms with Crippen LogP contribution in [0.1, 0.15) is 0 Å². The SMILES string of the molecule is O=C(COc1ccccc1[N+](=O)[O-])Nc1ccccc1Sc1ccc(Cl)cc1. The molecule has 1 amide bonds. The minimum Gasteiger partial charge on any atom is -0.477 e. The zero-order valence-electron chi connectivity index (χ0n) is 14.5. The zero-order valence-corrected chi connectivity index (χ0v) is 16.1. The lowest BCUT2D eigenvalue weighted by atomic mass is 10.3. The van der Waals surface area contributed by atoms with Gasteiger partial charge in [0.1, 0.15) is 0 Å². The summed E-state index contributed by atoms with van der Waals surface area (Å²) in [5.74, 6) is -0.367. The van der Waals surface area contributed by atoms with Gasteiger partial charge < -0.3 is 10.1 Å². The van der Waals surface area contributed by atoms with Crippen LogP contribution in [0, 0.1) is 10.1 Å². The molecule has 0 aliphatic carbocycles. The van der Waals surface area contributed by atoms with Crippen LogP contribution in [0.5, 0.6) is 5.75 Å². The van der Waals surface area contributed by atoms with E-state index in [-0.39, 0.29) is 18.0 Å². The lowest BCUT2D eigenvalue weighted by Crippen LogP contribution is -2.20. The Balaban J connectivity index is 1.66. The van der Waals surface area contributed by atoms with Crippen LogP contribution in [0.25, 0.3) is 0 Å². The van der Waals surface area contributed by atoms with Crippen LogP contribution >= 0.6 is 23.4 Å². The molecule has 8 heteroatoms. The van der Waals surface area contributed by atoms with Gasteiger partial charge in [0, 0.05) is 20.9 Å². The molecule has 1 N–H and O–H groups in total. The van der Waals surface area contributed by atoms with Crippen molar-refractivity contribution in [2.45, 2.75) is 9.79 Å². The molecule has 0 radical (unpaired) electrons. The number of hydrogen-bond donors (Lipinski definition) is 1. The highest BCUT2D eigenvalue weighted by Crippen LogP contribution is 2.34. The predicted octanol–water partition coefficient (Wildman–Crippen LogP) is 5.42. The maximum absolute atomic E-state index is 12.3. The molecule has 6 nitrogen and oxygen atoms in total. The van der Waals surface area contributed by atoms with E-state index >= 15 is 0 Å². The van der Waals surface area contributed by atoms with Gasteiger partial charge >= 0.3 is 5.69 Å². The summed E-state index contributed by atoms with van der Waals surface area (Å²) >= 11 is 7.39. The fourth-order valence-corrected chi connectivity index (χ4v) is 3.38. The van der Waals surface area contributed by atoms with E-state index in [9.17, 15) is 14.9 Å². The lowest BCUT2D eigenvalue weighted by Gasteiger charge is -2.11. The van der Waals surface area contributed by atoms with E-state index in [1.54, 1.807) is 24.3 Å². The molecule has 3 rings (SSSR count). The average molecular weight is 415 g/mol. The minimum absolute atomic E-state index is 0.0477. The minimum atomic E-state index is -0.550. The third-order valence-electron chi connectivity index (χ3n) is 3.62. The van der Waals surface area contributed by atoms with Gasteiger partial charge in [0.25, 0.3) is 5.91 Å². The molecule has 3 aromatic rings. The lowest BCUT2D eigenvalue weighted by molar-refractivity contribution is -0.385. The summed E-state index contributed by atoms with van der Waals surface area (Å²) in [5, 5.41) is 14.4. The van der Waals surface area contributed by atoms with E-state index in [0.29, 0.717) is 10.7 Å². The topological polar surface area (TPSA) is 81.5 Å². The smallest absolute Gasteiger partial charge is 0.310 e. The highest BCUT2D eigenvalue weighted by atomic mass is 35.5. The molecule has 0 bridgehead atoms. The van der Waals surface area contributed by atoms with Gasteiger partial charge in [0.05, 0.1) is 10.6 Å². The number of benzene rings is 3. The Morgan fingerprint density at radius 2 is 1.71 bits per heavy atom. The van der Waals surface area contributed by atoms with Gasteiger partial charge in [-0.25, -0.2) is 0 Å². The number of carbonyl (C=O) groups is 1. The number of carbonyl (C=O) groups excluding carboxylic acids is 1. The largest absolute Gasteiger partial charge is 0.477 e. The Labute approximate surface area is 170 Å². The summed E-state index contributed by atoms with van der Waals surface area (Å²) in [5.41, 5.74) is 0.438. The van der Waals surface area contributed by atoms with Crippen LogP contribution in [-0.2, 0) is 4.79 Å². The number of para-hydroxylation sites is 3. The molecule has 0 heterocycles. The van der Waals surface area contributed by atoms with Gasteiger partial charge in [-0.05, 0) is 42.5 Å². The van der Waals surface area contributed by atoms with Crippen molar-refractivity contribution in [3.8, 4) is 5.75 Å². The second kappa shape index (κ2) is 9.25. The van der Waals surface area contributed by atoms with Crippen molar-refractivity contribution in [1.29, 1.82) is 0 Å². The third kappa shape index (κ3) is 5.25. The molecule has 0 aliphatic heterocycles. The maximum Gasteiger partial charge on any atom is 0.310 e. The maximum atomic E-state index is 12.3. The number of halogens is 1. The van der Waals surface area contributed by atoms with Crippen LogP contribution in [0.4, 0.5) is 11.4 Å². The molecule has 0 fully saturated rings. The van der Waals surface area contributed by atoms with Gasteiger partial charge in [-0.1, -0.05) is 47.6 Å². The molecule has 142 valence electrons. The van der Waals surface area contributed by atoms with Crippen LogP contribution in [-0.4, -0.2) is 17.4 Å². The van der Waals surface area contributed by atoms with Gasteiger partial charge in [-0.2, -0.15) is 0 Å². The number of amides is 1. The predicted molar refractivity (Wildman–Crippen MR) is 109 cm³/mol. The number of nitrogens with zero attached hydrogens (tertiary/aromatic N) is 1. The third-order valence-corrected chi connectivity index (χ3v) is 4.96. The van der Waals surface area contributed by atoms with Crippen molar-refractivity contribution in [1.82, 2.24) is 0 Å². The number of ether oxygens (including phenoxy) is 1. The van der Waals surface area contributed by atoms with E-state index in [1.165, 1.54) is 30.0 Å². The van der Waals surface area contributed by atoms with E-state index < -0.39 is 10.8 Å². The number of rotatable bonds is 7. The molecular weight excluding hydrogens is 400 g/mol. The molecular formula is C20H15ClN2O4S. The number of anilines is 1. The van der Waals surface area contributed by atoms with Crippen LogP contribution in [0.2, 0.25) is 5.02 Å². The Kier molecular flexibility index (Phi) is 6.52. The van der Waals surface area contributed by atoms with Crippen molar-refractivity contribution < 1.29 is 14.5 Å². The molecule has 0 unspecified atom stereocenters. The van der Waals surface area contributed by atoms with Crippen molar-refractivity contribution in [2.75, 3.05) is 11.9 Å². The molecule has 0 aliphatic rings. The van der Waals surface area contributed by atoms with Crippen molar-refractivity contribution >= 4 is 40.6 Å². The van der Waals surface area contributed by atoms with Gasteiger partial charge in [-0.15, -0.1) is 0 Å². The first-order valence-corrected chi connectivity index (χ1v) is 9.41. The number of nitrogens with one attached hydrogen (secondary N) is 1. The van der Waals surface area contributed by atoms with E-state index in [2.05, 4.69) is 5.32 Å². The normalized spacial score (nSPS) is 10.3. The number of nitro groups is 1. The summed E-state index contributed by atoms with van der Waals surface area (Å²) in [6.07, 6.45) is 0. The highest BCUT2D eigenvalue weighted by molar-refractivity contribution is 7.99. The highest BCUT2D eigenvalue weighted by Gasteiger charge is 2.15. The standard InChI is InChI=1S/C20H15ClN2O4S/c21-14-9-11-15(12-10-14)28-19-8-4-1-5-16(19)22-20(24)13-27-18-7-3-2-6-17(18)23(25)26/h1-12H,13H2,(H,22,24). The van der Waals surface area contributed by atoms with Crippen LogP contribution in [0.15, 0.2) is 82.6 Å². The monoisotopic (exact) mass is 414 g/mol. The molecule has 0 aromatic heterocycles. The number of hydrogen-bond acceptors (Lipinski definition) is 5. The Hall–Kier alpha value is -3.03. The van der Waals surface area contributed by atoms with Gasteiger partial charge in [0.15, 0.2) is 12.4 Å². The summed E-state index contributed by atoms with van der Waals surface area (Å²) < 4.78 is 5.33. The summed E-state index contributed by atoms with van der Waals surface area (Å²) in [7, 11) is 0. The first kappa shape index (κ1) is 19.7. The van der Waals surface area contributed by atoms with Gasteiger partial charge in [0.2, 0.25) is 0 Å². The molecule has 3 aromatic carbocycles. The number of nitro benzene ring substituents is 1. The summed E-state index contributed by atoms with van der Waals surface area (Å²) in [4.78, 5) is 24.6. The van der Waals surface area contributed by atoms with E-state index in [0.717, 1.165) is 9.79 Å². The van der Waals surface area contributed by atoms with Crippen LogP contribution in [0.3, 0.4) is 0 Å². The summed E-state index contributed by atoms with van der Waals surface area (Å²) in [6, 6.07) is 20.7. The fraction of sp³-hybridized carbons (Fsp3) is 0.0500. The quantitative estimate of drug-likeness (QED) is 0.412. The van der Waals surface area contributed by atoms with Crippen LogP contribution < -0.4 is 10.1 Å².